The van der Waals surface area contributed by atoms with E-state index in [9.17, 15) is 9.59 Å². The molecule has 3 heterocycles. The number of benzene rings is 3. The number of hydrogen-bond acceptors (Lipinski definition) is 7. The number of morpholine rings is 1. The van der Waals surface area contributed by atoms with Gasteiger partial charge in [0.25, 0.3) is 0 Å². The van der Waals surface area contributed by atoms with Gasteiger partial charge in [-0.3, -0.25) is 14.5 Å². The Kier molecular flexibility index (Phi) is 8.63. The Labute approximate surface area is 261 Å². The molecule has 1 aromatic heterocycles. The number of rotatable bonds is 7. The van der Waals surface area contributed by atoms with Crippen LogP contribution in [0.25, 0.3) is 16.9 Å². The van der Waals surface area contributed by atoms with Crippen molar-refractivity contribution < 1.29 is 23.8 Å². The molecule has 1 fully saturated rings. The smallest absolute Gasteiger partial charge is 0.242 e. The minimum atomic E-state index is -0.350. The number of hydrogen-bond donors (Lipinski definition) is 0. The molecule has 1 atom stereocenters. The molecule has 9 nitrogen and oxygen atoms in total. The first-order valence-corrected chi connectivity index (χ1v) is 15.7. The first-order valence-electron chi connectivity index (χ1n) is 14.6. The Morgan fingerprint density at radius 2 is 1.77 bits per heavy atom. The van der Waals surface area contributed by atoms with Gasteiger partial charge in [0.2, 0.25) is 11.8 Å². The van der Waals surface area contributed by atoms with Gasteiger partial charge in [0.15, 0.2) is 0 Å². The van der Waals surface area contributed by atoms with Crippen LogP contribution in [0.15, 0.2) is 66.7 Å². The molecular weight excluding hydrogens is 576 g/mol. The number of aryl methyl sites for hydroxylation is 2. The Morgan fingerprint density at radius 3 is 2.48 bits per heavy atom. The second kappa shape index (κ2) is 12.8. The lowest BCUT2D eigenvalue weighted by Crippen LogP contribution is -2.48. The molecule has 4 aromatic rings. The molecule has 10 heteroatoms. The second-order valence-electron chi connectivity index (χ2n) is 10.9. The molecule has 2 amide bonds. The highest BCUT2D eigenvalue weighted by Crippen LogP contribution is 2.51. The lowest BCUT2D eigenvalue weighted by Gasteiger charge is -2.30. The summed E-state index contributed by atoms with van der Waals surface area (Å²) in [5, 5.41) is 4.89. The first-order chi connectivity index (χ1) is 21.4. The Morgan fingerprint density at radius 1 is 1.00 bits per heavy atom. The average molecular weight is 613 g/mol. The van der Waals surface area contributed by atoms with Gasteiger partial charge < -0.3 is 19.1 Å². The normalized spacial score (nSPS) is 16.8. The number of aromatic nitrogens is 2. The predicted octanol–water partition coefficient (Wildman–Crippen LogP) is 5.20. The van der Waals surface area contributed by atoms with Crippen LogP contribution >= 0.6 is 11.8 Å². The number of thioether (sulfide) groups is 1. The highest BCUT2D eigenvalue weighted by atomic mass is 32.2. The van der Waals surface area contributed by atoms with Crippen molar-refractivity contribution in [1.29, 1.82) is 0 Å². The van der Waals surface area contributed by atoms with Gasteiger partial charge in [-0.15, -0.1) is 11.8 Å². The van der Waals surface area contributed by atoms with Crippen LogP contribution in [-0.4, -0.2) is 79.3 Å². The fraction of sp³-hybridized carbons (Fsp3) is 0.324. The van der Waals surface area contributed by atoms with Gasteiger partial charge in [0.1, 0.15) is 23.9 Å². The van der Waals surface area contributed by atoms with Crippen LogP contribution in [0.1, 0.15) is 27.5 Å². The fourth-order valence-electron chi connectivity index (χ4n) is 5.88. The van der Waals surface area contributed by atoms with E-state index < -0.39 is 0 Å². The minimum absolute atomic E-state index is 0.0980. The van der Waals surface area contributed by atoms with Crippen LogP contribution < -0.4 is 14.4 Å². The third-order valence-corrected chi connectivity index (χ3v) is 9.33. The third kappa shape index (κ3) is 5.67. The standard InChI is InChI=1S/C34H36N4O5S/c1-22-10-12-27(23(2)18-22)38-34-31(32(35-38)24-8-6-5-7-9-24)33(26-19-25(41-3)11-13-28(26)42-4)44-21-30(40)37(34)20-29(39)36-14-16-43-17-15-36/h5-13,18-19,33H,14-17,20-21H2,1-4H3. The van der Waals surface area contributed by atoms with E-state index >= 15 is 0 Å². The van der Waals surface area contributed by atoms with E-state index in [1.165, 1.54) is 11.8 Å². The number of carbonyl (C=O) groups excluding carboxylic acids is 2. The molecular formula is C34H36N4O5S. The molecule has 0 aliphatic carbocycles. The number of ether oxygens (including phenoxy) is 3. The van der Waals surface area contributed by atoms with Crippen LogP contribution in [0.5, 0.6) is 11.5 Å². The van der Waals surface area contributed by atoms with Gasteiger partial charge in [-0.05, 0) is 43.7 Å². The first kappa shape index (κ1) is 29.8. The second-order valence-corrected chi connectivity index (χ2v) is 12.0. The van der Waals surface area contributed by atoms with Crippen molar-refractivity contribution in [1.82, 2.24) is 14.7 Å². The summed E-state index contributed by atoms with van der Waals surface area (Å²) in [6.07, 6.45) is 0. The van der Waals surface area contributed by atoms with Crippen molar-refractivity contribution in [2.24, 2.45) is 0 Å². The van der Waals surface area contributed by atoms with Crippen LogP contribution in [0.3, 0.4) is 0 Å². The number of anilines is 1. The zero-order chi connectivity index (χ0) is 30.8. The minimum Gasteiger partial charge on any atom is -0.497 e. The zero-order valence-electron chi connectivity index (χ0n) is 25.4. The van der Waals surface area contributed by atoms with Crippen LogP contribution in [0, 0.1) is 13.8 Å². The third-order valence-electron chi connectivity index (χ3n) is 8.09. The number of amides is 2. The fourth-order valence-corrected chi connectivity index (χ4v) is 7.09. The molecule has 0 spiro atoms. The molecule has 0 radical (unpaired) electrons. The van der Waals surface area contributed by atoms with Crippen molar-refractivity contribution in [3.05, 3.63) is 89.0 Å². The molecule has 0 saturated carbocycles. The largest absolute Gasteiger partial charge is 0.497 e. The van der Waals surface area contributed by atoms with E-state index in [-0.39, 0.29) is 29.4 Å². The van der Waals surface area contributed by atoms with Crippen molar-refractivity contribution in [3.8, 4) is 28.4 Å². The molecule has 0 N–H and O–H groups in total. The lowest BCUT2D eigenvalue weighted by atomic mass is 9.98. The quantitative estimate of drug-likeness (QED) is 0.284. The van der Waals surface area contributed by atoms with Crippen molar-refractivity contribution in [3.63, 3.8) is 0 Å². The van der Waals surface area contributed by atoms with Gasteiger partial charge in [-0.1, -0.05) is 48.0 Å². The van der Waals surface area contributed by atoms with Gasteiger partial charge in [0.05, 0.1) is 49.8 Å². The van der Waals surface area contributed by atoms with Crippen molar-refractivity contribution in [2.75, 3.05) is 57.7 Å². The molecule has 6 rings (SSSR count). The van der Waals surface area contributed by atoms with Crippen molar-refractivity contribution >= 4 is 29.4 Å². The molecule has 1 unspecified atom stereocenters. The molecule has 0 bridgehead atoms. The van der Waals surface area contributed by atoms with E-state index in [1.54, 1.807) is 24.0 Å². The Hall–Kier alpha value is -4.28. The lowest BCUT2D eigenvalue weighted by molar-refractivity contribution is -0.134. The van der Waals surface area contributed by atoms with Gasteiger partial charge >= 0.3 is 0 Å². The molecule has 1 saturated heterocycles. The number of nitrogens with zero attached hydrogens (tertiary/aromatic N) is 4. The van der Waals surface area contributed by atoms with Gasteiger partial charge in [-0.2, -0.15) is 5.10 Å². The highest BCUT2D eigenvalue weighted by molar-refractivity contribution is 8.00. The number of fused-ring (bicyclic) bond motifs is 1. The van der Waals surface area contributed by atoms with E-state index in [2.05, 4.69) is 6.07 Å². The maximum absolute atomic E-state index is 14.1. The highest BCUT2D eigenvalue weighted by Gasteiger charge is 2.39. The topological polar surface area (TPSA) is 86.1 Å². The van der Waals surface area contributed by atoms with Crippen LogP contribution in [0.4, 0.5) is 5.82 Å². The van der Waals surface area contributed by atoms with E-state index in [0.717, 1.165) is 39.2 Å². The number of methoxy groups -OCH3 is 2. The molecule has 2 aliphatic heterocycles. The molecule has 228 valence electrons. The maximum atomic E-state index is 14.1. The SMILES string of the molecule is COc1ccc(OC)c(C2SCC(=O)N(CC(=O)N3CCOCC3)c3c2c(-c2ccccc2)nn3-c2ccc(C)cc2C)c1. The monoisotopic (exact) mass is 612 g/mol. The van der Waals surface area contributed by atoms with Crippen molar-refractivity contribution in [2.45, 2.75) is 19.1 Å². The summed E-state index contributed by atoms with van der Waals surface area (Å²) in [6, 6.07) is 21.9. The maximum Gasteiger partial charge on any atom is 0.242 e. The van der Waals surface area contributed by atoms with Gasteiger partial charge in [-0.25, -0.2) is 4.68 Å². The summed E-state index contributed by atoms with van der Waals surface area (Å²) in [7, 11) is 3.27. The Bertz CT molecular complexity index is 1680. The molecule has 44 heavy (non-hydrogen) atoms. The van der Waals surface area contributed by atoms with E-state index in [1.807, 2.05) is 79.2 Å². The van der Waals surface area contributed by atoms with E-state index in [0.29, 0.717) is 43.6 Å². The average Bonchev–Trinajstić information content (AvgIpc) is 3.37. The summed E-state index contributed by atoms with van der Waals surface area (Å²) in [4.78, 5) is 31.2. The zero-order valence-corrected chi connectivity index (χ0v) is 26.2. The van der Waals surface area contributed by atoms with Crippen LogP contribution in [-0.2, 0) is 14.3 Å². The van der Waals surface area contributed by atoms with E-state index in [4.69, 9.17) is 19.3 Å². The predicted molar refractivity (Wildman–Crippen MR) is 172 cm³/mol. The summed E-state index contributed by atoms with van der Waals surface area (Å²) in [5.41, 5.74) is 6.33. The summed E-state index contributed by atoms with van der Waals surface area (Å²) in [5.74, 6) is 1.83. The molecule has 2 aliphatic rings. The van der Waals surface area contributed by atoms with Gasteiger partial charge in [0, 0.05) is 29.8 Å². The number of carbonyl (C=O) groups is 2. The summed E-state index contributed by atoms with van der Waals surface area (Å²) >= 11 is 1.50. The summed E-state index contributed by atoms with van der Waals surface area (Å²) in [6.45, 7) is 5.95. The molecule has 3 aromatic carbocycles. The van der Waals surface area contributed by atoms with Crippen LogP contribution in [0.2, 0.25) is 0 Å². The Balaban J connectivity index is 1.63. The summed E-state index contributed by atoms with van der Waals surface area (Å²) < 4.78 is 18.8.